The molecule has 2 aliphatic heterocycles. The summed E-state index contributed by atoms with van der Waals surface area (Å²) in [5, 5.41) is 9.07. The van der Waals surface area contributed by atoms with E-state index in [1.165, 1.54) is 6.42 Å². The molecule has 2 heterocycles. The second-order valence-corrected chi connectivity index (χ2v) is 6.91. The fourth-order valence-corrected chi connectivity index (χ4v) is 3.73. The first-order valence-corrected chi connectivity index (χ1v) is 6.42. The largest absolute Gasteiger partial charge is 0.465 e. The third-order valence-electron chi connectivity index (χ3n) is 4.54. The zero-order valence-electron chi connectivity index (χ0n) is 11.4. The molecule has 2 saturated heterocycles. The van der Waals surface area contributed by atoms with Crippen molar-refractivity contribution in [2.45, 2.75) is 39.7 Å². The van der Waals surface area contributed by atoms with Crippen LogP contribution in [-0.2, 0) is 0 Å². The van der Waals surface area contributed by atoms with Gasteiger partial charge in [0.15, 0.2) is 0 Å². The molecule has 0 aromatic rings. The zero-order chi connectivity index (χ0) is 12.8. The lowest BCUT2D eigenvalue weighted by Gasteiger charge is -2.35. The van der Waals surface area contributed by atoms with Crippen molar-refractivity contribution in [3.05, 3.63) is 0 Å². The van der Waals surface area contributed by atoms with Crippen LogP contribution in [0.5, 0.6) is 0 Å². The van der Waals surface area contributed by atoms with Gasteiger partial charge in [0.25, 0.3) is 0 Å². The maximum Gasteiger partial charge on any atom is 0.407 e. The summed E-state index contributed by atoms with van der Waals surface area (Å²) in [7, 11) is 2.17. The maximum absolute atomic E-state index is 11.0. The number of hydrogen-bond acceptors (Lipinski definition) is 2. The van der Waals surface area contributed by atoms with Crippen LogP contribution in [0.2, 0.25) is 0 Å². The smallest absolute Gasteiger partial charge is 0.407 e. The van der Waals surface area contributed by atoms with E-state index in [2.05, 4.69) is 32.7 Å². The van der Waals surface area contributed by atoms with E-state index in [1.807, 2.05) is 0 Å². The van der Waals surface area contributed by atoms with Crippen molar-refractivity contribution in [3.8, 4) is 0 Å². The van der Waals surface area contributed by atoms with Crippen molar-refractivity contribution in [2.24, 2.45) is 10.8 Å². The minimum atomic E-state index is -0.770. The molecule has 17 heavy (non-hydrogen) atoms. The molecule has 4 nitrogen and oxygen atoms in total. The average molecular weight is 240 g/mol. The van der Waals surface area contributed by atoms with E-state index in [0.29, 0.717) is 24.5 Å². The standard InChI is InChI=1S/C13H24N2O2/c1-12(2)7-10(14(4)8-12)13(3)5-6-15(9-13)11(16)17/h10H,5-9H2,1-4H3,(H,16,17)/t10-,13+/m0/s1. The number of rotatable bonds is 1. The summed E-state index contributed by atoms with van der Waals surface area (Å²) in [6, 6.07) is 0.516. The number of carboxylic acid groups (broad SMARTS) is 1. The predicted octanol–water partition coefficient (Wildman–Crippen LogP) is 2.11. The van der Waals surface area contributed by atoms with Crippen molar-refractivity contribution in [1.82, 2.24) is 9.80 Å². The molecule has 1 amide bonds. The Morgan fingerprint density at radius 3 is 2.35 bits per heavy atom. The molecule has 0 radical (unpaired) electrons. The Morgan fingerprint density at radius 1 is 1.29 bits per heavy atom. The zero-order valence-corrected chi connectivity index (χ0v) is 11.4. The van der Waals surface area contributed by atoms with E-state index in [0.717, 1.165) is 13.0 Å². The Hall–Kier alpha value is -0.770. The van der Waals surface area contributed by atoms with Crippen molar-refractivity contribution < 1.29 is 9.90 Å². The highest BCUT2D eigenvalue weighted by Gasteiger charge is 2.49. The van der Waals surface area contributed by atoms with E-state index in [-0.39, 0.29) is 5.41 Å². The number of nitrogens with zero attached hydrogens (tertiary/aromatic N) is 2. The number of hydrogen-bond donors (Lipinski definition) is 1. The summed E-state index contributed by atoms with van der Waals surface area (Å²) in [4.78, 5) is 15.0. The monoisotopic (exact) mass is 240 g/mol. The third kappa shape index (κ3) is 2.28. The van der Waals surface area contributed by atoms with Crippen LogP contribution in [0.15, 0.2) is 0 Å². The van der Waals surface area contributed by atoms with Gasteiger partial charge in [0.1, 0.15) is 0 Å². The molecule has 4 heteroatoms. The Balaban J connectivity index is 2.10. The van der Waals surface area contributed by atoms with Crippen molar-refractivity contribution in [2.75, 3.05) is 26.7 Å². The van der Waals surface area contributed by atoms with Crippen LogP contribution < -0.4 is 0 Å². The molecule has 0 aromatic heterocycles. The first kappa shape index (κ1) is 12.7. The number of carbonyl (C=O) groups is 1. The molecule has 2 aliphatic rings. The average Bonchev–Trinajstić information content (AvgIpc) is 2.68. The van der Waals surface area contributed by atoms with E-state index in [9.17, 15) is 4.79 Å². The van der Waals surface area contributed by atoms with Gasteiger partial charge in [0.2, 0.25) is 0 Å². The quantitative estimate of drug-likeness (QED) is 0.763. The topological polar surface area (TPSA) is 43.8 Å². The summed E-state index contributed by atoms with van der Waals surface area (Å²) < 4.78 is 0. The molecule has 0 aromatic carbocycles. The molecule has 0 bridgehead atoms. The fourth-order valence-electron chi connectivity index (χ4n) is 3.73. The Kier molecular flexibility index (Phi) is 2.89. The molecule has 0 spiro atoms. The Labute approximate surface area is 104 Å². The summed E-state index contributed by atoms with van der Waals surface area (Å²) in [5.74, 6) is 0. The van der Waals surface area contributed by atoms with E-state index in [1.54, 1.807) is 4.90 Å². The van der Waals surface area contributed by atoms with Crippen LogP contribution in [0.1, 0.15) is 33.6 Å². The van der Waals surface area contributed by atoms with Gasteiger partial charge in [-0.1, -0.05) is 20.8 Å². The van der Waals surface area contributed by atoms with Crippen molar-refractivity contribution in [3.63, 3.8) is 0 Å². The van der Waals surface area contributed by atoms with Gasteiger partial charge in [-0.05, 0) is 25.3 Å². The molecule has 1 N–H and O–H groups in total. The molecule has 0 aliphatic carbocycles. The molecule has 2 fully saturated rings. The van der Waals surface area contributed by atoms with Crippen LogP contribution in [0.25, 0.3) is 0 Å². The van der Waals surface area contributed by atoms with Gasteiger partial charge in [0.05, 0.1) is 0 Å². The van der Waals surface area contributed by atoms with Crippen LogP contribution in [0.3, 0.4) is 0 Å². The third-order valence-corrected chi connectivity index (χ3v) is 4.54. The lowest BCUT2D eigenvalue weighted by atomic mass is 9.76. The lowest BCUT2D eigenvalue weighted by molar-refractivity contribution is 0.122. The highest BCUT2D eigenvalue weighted by Crippen LogP contribution is 2.45. The minimum absolute atomic E-state index is 0.126. The Morgan fingerprint density at radius 2 is 1.94 bits per heavy atom. The van der Waals surface area contributed by atoms with E-state index >= 15 is 0 Å². The first-order chi connectivity index (χ1) is 7.73. The predicted molar refractivity (Wildman–Crippen MR) is 67.1 cm³/mol. The highest BCUT2D eigenvalue weighted by atomic mass is 16.4. The van der Waals surface area contributed by atoms with E-state index < -0.39 is 6.09 Å². The molecule has 0 saturated carbocycles. The second-order valence-electron chi connectivity index (χ2n) is 6.91. The number of likely N-dealkylation sites (tertiary alicyclic amines) is 2. The molecular weight excluding hydrogens is 216 g/mol. The highest BCUT2D eigenvalue weighted by molar-refractivity contribution is 5.65. The SMILES string of the molecule is CN1CC(C)(C)C[C@H]1[C@]1(C)CCN(C(=O)O)C1. The molecular formula is C13H24N2O2. The van der Waals surface area contributed by atoms with Crippen LogP contribution >= 0.6 is 0 Å². The summed E-state index contributed by atoms with van der Waals surface area (Å²) in [6.07, 6.45) is 1.39. The normalized spacial score (nSPS) is 37.6. The Bertz CT molecular complexity index is 329. The summed E-state index contributed by atoms with van der Waals surface area (Å²) >= 11 is 0. The van der Waals surface area contributed by atoms with Crippen molar-refractivity contribution >= 4 is 6.09 Å². The summed E-state index contributed by atoms with van der Waals surface area (Å²) in [5.41, 5.74) is 0.486. The van der Waals surface area contributed by atoms with Gasteiger partial charge < -0.3 is 14.9 Å². The molecule has 2 rings (SSSR count). The van der Waals surface area contributed by atoms with Crippen LogP contribution in [-0.4, -0.2) is 53.7 Å². The van der Waals surface area contributed by atoms with E-state index in [4.69, 9.17) is 5.11 Å². The number of amides is 1. The molecule has 98 valence electrons. The lowest BCUT2D eigenvalue weighted by Crippen LogP contribution is -2.43. The van der Waals surface area contributed by atoms with Gasteiger partial charge in [-0.2, -0.15) is 0 Å². The van der Waals surface area contributed by atoms with Gasteiger partial charge in [-0.3, -0.25) is 0 Å². The molecule has 0 unspecified atom stereocenters. The van der Waals surface area contributed by atoms with Crippen LogP contribution in [0, 0.1) is 10.8 Å². The van der Waals surface area contributed by atoms with Gasteiger partial charge in [-0.25, -0.2) is 4.79 Å². The first-order valence-electron chi connectivity index (χ1n) is 6.42. The maximum atomic E-state index is 11.0. The second kappa shape index (κ2) is 3.87. The van der Waals surface area contributed by atoms with Gasteiger partial charge >= 0.3 is 6.09 Å². The van der Waals surface area contributed by atoms with Crippen LogP contribution in [0.4, 0.5) is 4.79 Å². The fraction of sp³-hybridized carbons (Fsp3) is 0.923. The summed E-state index contributed by atoms with van der Waals surface area (Å²) in [6.45, 7) is 9.34. The minimum Gasteiger partial charge on any atom is -0.465 e. The van der Waals surface area contributed by atoms with Gasteiger partial charge in [0, 0.05) is 31.1 Å². The van der Waals surface area contributed by atoms with Gasteiger partial charge in [-0.15, -0.1) is 0 Å². The molecule has 2 atom stereocenters. The van der Waals surface area contributed by atoms with Crippen molar-refractivity contribution in [1.29, 1.82) is 0 Å².